The van der Waals surface area contributed by atoms with Crippen molar-refractivity contribution in [1.82, 2.24) is 14.3 Å². The van der Waals surface area contributed by atoms with E-state index in [-0.39, 0.29) is 18.3 Å². The molecule has 0 aliphatic carbocycles. The molecule has 0 bridgehead atoms. The minimum atomic E-state index is -0.455. The lowest BCUT2D eigenvalue weighted by Gasteiger charge is -2.12. The van der Waals surface area contributed by atoms with Gasteiger partial charge in [-0.25, -0.2) is 9.48 Å². The predicted octanol–water partition coefficient (Wildman–Crippen LogP) is -1.09. The van der Waals surface area contributed by atoms with E-state index in [0.29, 0.717) is 13.0 Å². The van der Waals surface area contributed by atoms with Gasteiger partial charge in [0.25, 0.3) is 5.56 Å². The summed E-state index contributed by atoms with van der Waals surface area (Å²) < 4.78 is 2.12. The van der Waals surface area contributed by atoms with Gasteiger partial charge >= 0.3 is 5.69 Å². The van der Waals surface area contributed by atoms with Gasteiger partial charge in [0.15, 0.2) is 0 Å². The quantitative estimate of drug-likeness (QED) is 0.685. The first kappa shape index (κ1) is 13.4. The zero-order valence-electron chi connectivity index (χ0n) is 10.3. The molecule has 2 N–H and O–H groups in total. The van der Waals surface area contributed by atoms with Crippen LogP contribution in [0.3, 0.4) is 0 Å². The second-order valence-electron chi connectivity index (χ2n) is 4.12. The highest BCUT2D eigenvalue weighted by molar-refractivity contribution is 5.29. The molecule has 96 valence electrons. The first-order valence-electron chi connectivity index (χ1n) is 5.46. The van der Waals surface area contributed by atoms with Gasteiger partial charge in [0.05, 0.1) is 0 Å². The molecule has 0 saturated heterocycles. The average molecular weight is 242 g/mol. The lowest BCUT2D eigenvalue weighted by molar-refractivity contribution is 0.265. The number of aliphatic hydroxyl groups is 1. The summed E-state index contributed by atoms with van der Waals surface area (Å²) in [5, 5.41) is 15.5. The van der Waals surface area contributed by atoms with Gasteiger partial charge in [0.1, 0.15) is 0 Å². The van der Waals surface area contributed by atoms with E-state index in [0.717, 1.165) is 9.25 Å². The zero-order valence-corrected chi connectivity index (χ0v) is 10.3. The van der Waals surface area contributed by atoms with Crippen molar-refractivity contribution in [1.29, 1.82) is 0 Å². The number of hydrogen-bond acceptors (Lipinski definition) is 5. The molecule has 1 heterocycles. The Kier molecular flexibility index (Phi) is 4.45. The van der Waals surface area contributed by atoms with E-state index in [4.69, 9.17) is 5.11 Å². The Balaban J connectivity index is 2.86. The maximum absolute atomic E-state index is 11.7. The van der Waals surface area contributed by atoms with E-state index in [9.17, 15) is 9.59 Å². The van der Waals surface area contributed by atoms with Crippen LogP contribution in [0.15, 0.2) is 9.59 Å². The van der Waals surface area contributed by atoms with Gasteiger partial charge in [-0.05, 0) is 12.3 Å². The molecule has 7 heteroatoms. The number of rotatable bonds is 5. The highest BCUT2D eigenvalue weighted by atomic mass is 16.3. The third-order valence-corrected chi connectivity index (χ3v) is 2.56. The number of aliphatic hydroxyl groups excluding tert-OH is 1. The third kappa shape index (κ3) is 3.16. The smallest absolute Gasteiger partial charge is 0.346 e. The summed E-state index contributed by atoms with van der Waals surface area (Å²) in [4.78, 5) is 23.1. The van der Waals surface area contributed by atoms with Crippen molar-refractivity contribution in [3.05, 3.63) is 20.8 Å². The monoisotopic (exact) mass is 242 g/mol. The second kappa shape index (κ2) is 5.62. The van der Waals surface area contributed by atoms with E-state index in [1.54, 1.807) is 0 Å². The Morgan fingerprint density at radius 3 is 2.65 bits per heavy atom. The SMILES string of the molecule is CC(CCO)CNc1nn(C)c(=O)n(C)c1=O. The molecule has 0 spiro atoms. The standard InChI is InChI=1S/C10H18N4O3/c1-7(4-5-15)6-11-8-9(16)13(2)10(17)14(3)12-8/h7,15H,4-6H2,1-3H3,(H,11,12). The van der Waals surface area contributed by atoms with E-state index in [1.807, 2.05) is 6.92 Å². The molecular weight excluding hydrogens is 224 g/mol. The van der Waals surface area contributed by atoms with Crippen molar-refractivity contribution in [2.45, 2.75) is 13.3 Å². The van der Waals surface area contributed by atoms with E-state index in [2.05, 4.69) is 10.4 Å². The Bertz CT molecular complexity index is 491. The molecule has 1 rings (SSSR count). The summed E-state index contributed by atoms with van der Waals surface area (Å²) in [6.45, 7) is 2.60. The first-order chi connectivity index (χ1) is 7.97. The molecule has 0 aromatic carbocycles. The van der Waals surface area contributed by atoms with Crippen LogP contribution in [-0.4, -0.2) is 32.6 Å². The van der Waals surface area contributed by atoms with Gasteiger partial charge in [-0.15, -0.1) is 5.10 Å². The van der Waals surface area contributed by atoms with Gasteiger partial charge in [-0.2, -0.15) is 0 Å². The zero-order chi connectivity index (χ0) is 13.0. The average Bonchev–Trinajstić information content (AvgIpc) is 2.30. The van der Waals surface area contributed by atoms with Crippen LogP contribution in [0.4, 0.5) is 5.82 Å². The molecule has 0 aliphatic rings. The fraction of sp³-hybridized carbons (Fsp3) is 0.700. The Labute approximate surface area is 98.7 Å². The van der Waals surface area contributed by atoms with Crippen molar-refractivity contribution in [2.75, 3.05) is 18.5 Å². The van der Waals surface area contributed by atoms with Crippen LogP contribution in [0.1, 0.15) is 13.3 Å². The molecule has 1 atom stereocenters. The van der Waals surface area contributed by atoms with E-state index in [1.165, 1.54) is 14.1 Å². The largest absolute Gasteiger partial charge is 0.396 e. The van der Waals surface area contributed by atoms with Crippen LogP contribution in [-0.2, 0) is 14.1 Å². The summed E-state index contributed by atoms with van der Waals surface area (Å²) in [6.07, 6.45) is 0.652. The lowest BCUT2D eigenvalue weighted by Crippen LogP contribution is -2.40. The molecule has 1 unspecified atom stereocenters. The Morgan fingerprint density at radius 1 is 1.41 bits per heavy atom. The maximum atomic E-state index is 11.7. The normalized spacial score (nSPS) is 12.5. The molecule has 0 aliphatic heterocycles. The third-order valence-electron chi connectivity index (χ3n) is 2.56. The summed E-state index contributed by atoms with van der Waals surface area (Å²) in [5.41, 5.74) is -0.895. The van der Waals surface area contributed by atoms with Gasteiger partial charge in [-0.1, -0.05) is 6.92 Å². The molecule has 0 amide bonds. The van der Waals surface area contributed by atoms with Gasteiger partial charge in [0, 0.05) is 27.2 Å². The van der Waals surface area contributed by atoms with E-state index < -0.39 is 11.2 Å². The van der Waals surface area contributed by atoms with Crippen molar-refractivity contribution < 1.29 is 5.11 Å². The molecule has 0 saturated carbocycles. The van der Waals surface area contributed by atoms with Crippen LogP contribution in [0.2, 0.25) is 0 Å². The Morgan fingerprint density at radius 2 is 2.06 bits per heavy atom. The number of aryl methyl sites for hydroxylation is 1. The summed E-state index contributed by atoms with van der Waals surface area (Å²) >= 11 is 0. The summed E-state index contributed by atoms with van der Waals surface area (Å²) in [5.74, 6) is 0.378. The number of aromatic nitrogens is 3. The van der Waals surface area contributed by atoms with Gasteiger partial charge in [0.2, 0.25) is 5.82 Å². The summed E-state index contributed by atoms with van der Waals surface area (Å²) in [6, 6.07) is 0. The highest BCUT2D eigenvalue weighted by Gasteiger charge is 2.09. The molecule has 1 aromatic heterocycles. The summed E-state index contributed by atoms with van der Waals surface area (Å²) in [7, 11) is 2.90. The Hall–Kier alpha value is -1.63. The minimum absolute atomic E-state index is 0.113. The predicted molar refractivity (Wildman–Crippen MR) is 64.1 cm³/mol. The van der Waals surface area contributed by atoms with Crippen LogP contribution < -0.4 is 16.6 Å². The molecule has 0 radical (unpaired) electrons. The molecule has 1 aromatic rings. The lowest BCUT2D eigenvalue weighted by atomic mass is 10.1. The van der Waals surface area contributed by atoms with Crippen molar-refractivity contribution in [3.8, 4) is 0 Å². The van der Waals surface area contributed by atoms with Gasteiger partial charge in [-0.3, -0.25) is 9.36 Å². The van der Waals surface area contributed by atoms with Crippen LogP contribution >= 0.6 is 0 Å². The molecule has 0 fully saturated rings. The number of nitrogens with zero attached hydrogens (tertiary/aromatic N) is 3. The molecule has 7 nitrogen and oxygen atoms in total. The van der Waals surface area contributed by atoms with Crippen LogP contribution in [0.5, 0.6) is 0 Å². The van der Waals surface area contributed by atoms with Crippen LogP contribution in [0.25, 0.3) is 0 Å². The number of anilines is 1. The van der Waals surface area contributed by atoms with E-state index >= 15 is 0 Å². The second-order valence-corrected chi connectivity index (χ2v) is 4.12. The fourth-order valence-corrected chi connectivity index (χ4v) is 1.40. The maximum Gasteiger partial charge on any atom is 0.346 e. The topological polar surface area (TPSA) is 89.2 Å². The van der Waals surface area contributed by atoms with Crippen molar-refractivity contribution in [3.63, 3.8) is 0 Å². The minimum Gasteiger partial charge on any atom is -0.396 e. The fourth-order valence-electron chi connectivity index (χ4n) is 1.40. The van der Waals surface area contributed by atoms with Crippen molar-refractivity contribution in [2.24, 2.45) is 20.0 Å². The number of hydrogen-bond donors (Lipinski definition) is 2. The number of nitrogens with one attached hydrogen (secondary N) is 1. The molecule has 17 heavy (non-hydrogen) atoms. The van der Waals surface area contributed by atoms with Crippen LogP contribution in [0, 0.1) is 5.92 Å². The van der Waals surface area contributed by atoms with Gasteiger partial charge < -0.3 is 10.4 Å². The highest BCUT2D eigenvalue weighted by Crippen LogP contribution is 2.01. The van der Waals surface area contributed by atoms with Crippen molar-refractivity contribution >= 4 is 5.82 Å². The molecular formula is C10H18N4O3. The first-order valence-corrected chi connectivity index (χ1v) is 5.46.